The molecule has 2 atom stereocenters. The Bertz CT molecular complexity index is 800. The fraction of sp³-hybridized carbons (Fsp3) is 0.474. The van der Waals surface area contributed by atoms with Gasteiger partial charge in [-0.25, -0.2) is 4.39 Å². The fourth-order valence-electron chi connectivity index (χ4n) is 3.57. The first kappa shape index (κ1) is 16.3. The third kappa shape index (κ3) is 3.18. The van der Waals surface area contributed by atoms with E-state index in [-0.39, 0.29) is 30.0 Å². The Balaban J connectivity index is 1.62. The van der Waals surface area contributed by atoms with Crippen LogP contribution in [0.3, 0.4) is 0 Å². The minimum absolute atomic E-state index is 0.0595. The van der Waals surface area contributed by atoms with Gasteiger partial charge in [0.2, 0.25) is 0 Å². The number of H-pyrrole nitrogens is 1. The van der Waals surface area contributed by atoms with Crippen molar-refractivity contribution in [3.63, 3.8) is 0 Å². The summed E-state index contributed by atoms with van der Waals surface area (Å²) in [4.78, 5) is 15.0. The van der Waals surface area contributed by atoms with E-state index in [1.54, 1.807) is 6.07 Å². The standard InChI is InChI=1S/C19H22FN3O2/c1-11-8-16-17(12(2)25-11)21-22-18(16)19(24)23(15-6-7-15)10-13-4-3-5-14(20)9-13/h3-5,9,11-12,15H,6-8,10H2,1-2H3,(H,21,22)/t11-,12+/m1/s1. The quantitative estimate of drug-likeness (QED) is 0.926. The Morgan fingerprint density at radius 2 is 2.20 bits per heavy atom. The van der Waals surface area contributed by atoms with Crippen molar-refractivity contribution in [3.8, 4) is 0 Å². The van der Waals surface area contributed by atoms with Crippen LogP contribution in [0.1, 0.15) is 60.1 Å². The molecule has 1 saturated carbocycles. The molecule has 5 nitrogen and oxygen atoms in total. The summed E-state index contributed by atoms with van der Waals surface area (Å²) in [5.41, 5.74) is 3.14. The second kappa shape index (κ2) is 6.26. The van der Waals surface area contributed by atoms with Crippen LogP contribution in [-0.2, 0) is 17.7 Å². The molecule has 0 radical (unpaired) electrons. The van der Waals surface area contributed by atoms with Gasteiger partial charge in [-0.1, -0.05) is 12.1 Å². The lowest BCUT2D eigenvalue weighted by Crippen LogP contribution is -2.34. The predicted molar refractivity (Wildman–Crippen MR) is 90.5 cm³/mol. The summed E-state index contributed by atoms with van der Waals surface area (Å²) in [6.07, 6.45) is 2.62. The highest BCUT2D eigenvalue weighted by Crippen LogP contribution is 2.34. The number of carbonyl (C=O) groups excluding carboxylic acids is 1. The third-order valence-electron chi connectivity index (χ3n) is 4.93. The van der Waals surface area contributed by atoms with Crippen LogP contribution < -0.4 is 0 Å². The first-order chi connectivity index (χ1) is 12.0. The van der Waals surface area contributed by atoms with Gasteiger partial charge in [-0.2, -0.15) is 5.10 Å². The van der Waals surface area contributed by atoms with E-state index in [2.05, 4.69) is 10.2 Å². The van der Waals surface area contributed by atoms with Crippen LogP contribution in [0.25, 0.3) is 0 Å². The number of amides is 1. The van der Waals surface area contributed by atoms with Crippen LogP contribution in [0.15, 0.2) is 24.3 Å². The number of nitrogens with zero attached hydrogens (tertiary/aromatic N) is 2. The Kier molecular flexibility index (Phi) is 4.07. The van der Waals surface area contributed by atoms with Crippen LogP contribution in [0, 0.1) is 5.82 Å². The van der Waals surface area contributed by atoms with E-state index in [1.807, 2.05) is 24.8 Å². The van der Waals surface area contributed by atoms with E-state index in [0.717, 1.165) is 29.7 Å². The average Bonchev–Trinajstić information content (AvgIpc) is 3.31. The molecule has 2 aliphatic rings. The molecule has 132 valence electrons. The van der Waals surface area contributed by atoms with Crippen molar-refractivity contribution >= 4 is 5.91 Å². The summed E-state index contributed by atoms with van der Waals surface area (Å²) < 4.78 is 19.3. The first-order valence-corrected chi connectivity index (χ1v) is 8.81. The molecule has 0 bridgehead atoms. The summed E-state index contributed by atoms with van der Waals surface area (Å²) in [7, 11) is 0. The maximum atomic E-state index is 13.5. The highest BCUT2D eigenvalue weighted by atomic mass is 19.1. The van der Waals surface area contributed by atoms with Gasteiger partial charge >= 0.3 is 0 Å². The van der Waals surface area contributed by atoms with Crippen molar-refractivity contribution < 1.29 is 13.9 Å². The largest absolute Gasteiger partial charge is 0.369 e. The molecule has 2 heterocycles. The zero-order chi connectivity index (χ0) is 17.6. The molecule has 1 aromatic heterocycles. The normalized spacial score (nSPS) is 22.5. The minimum atomic E-state index is -0.280. The number of carbonyl (C=O) groups is 1. The van der Waals surface area contributed by atoms with Crippen LogP contribution in [0.5, 0.6) is 0 Å². The number of fused-ring (bicyclic) bond motifs is 1. The number of halogens is 1. The fourth-order valence-corrected chi connectivity index (χ4v) is 3.57. The molecule has 6 heteroatoms. The van der Waals surface area contributed by atoms with Crippen LogP contribution in [0.4, 0.5) is 4.39 Å². The lowest BCUT2D eigenvalue weighted by molar-refractivity contribution is -0.00702. The maximum absolute atomic E-state index is 13.5. The zero-order valence-electron chi connectivity index (χ0n) is 14.5. The average molecular weight is 343 g/mol. The summed E-state index contributed by atoms with van der Waals surface area (Å²) in [6, 6.07) is 6.65. The second-order valence-electron chi connectivity index (χ2n) is 7.05. The van der Waals surface area contributed by atoms with Gasteiger partial charge in [-0.3, -0.25) is 9.89 Å². The molecular formula is C19H22FN3O2. The number of aromatic nitrogens is 2. The molecule has 1 N–H and O–H groups in total. The molecule has 0 spiro atoms. The molecule has 25 heavy (non-hydrogen) atoms. The molecule has 0 unspecified atom stereocenters. The van der Waals surface area contributed by atoms with Crippen molar-refractivity contribution in [1.82, 2.24) is 15.1 Å². The maximum Gasteiger partial charge on any atom is 0.275 e. The first-order valence-electron chi connectivity index (χ1n) is 8.81. The smallest absolute Gasteiger partial charge is 0.275 e. The molecule has 1 aliphatic heterocycles. The number of hydrogen-bond acceptors (Lipinski definition) is 3. The third-order valence-corrected chi connectivity index (χ3v) is 4.93. The van der Waals surface area contributed by atoms with Crippen molar-refractivity contribution in [2.45, 2.75) is 57.9 Å². The van der Waals surface area contributed by atoms with Gasteiger partial charge in [-0.05, 0) is 44.4 Å². The van der Waals surface area contributed by atoms with Crippen molar-refractivity contribution in [3.05, 3.63) is 52.6 Å². The Morgan fingerprint density at radius 1 is 1.40 bits per heavy atom. The SMILES string of the molecule is C[C@@H]1Cc2c(C(=O)N(Cc3cccc(F)c3)C3CC3)n[nH]c2[C@H](C)O1. The van der Waals surface area contributed by atoms with Gasteiger partial charge in [0.1, 0.15) is 5.82 Å². The van der Waals surface area contributed by atoms with E-state index in [9.17, 15) is 9.18 Å². The number of benzene rings is 1. The molecule has 4 rings (SSSR count). The second-order valence-corrected chi connectivity index (χ2v) is 7.05. The minimum Gasteiger partial charge on any atom is -0.369 e. The van der Waals surface area contributed by atoms with E-state index in [1.165, 1.54) is 12.1 Å². The monoisotopic (exact) mass is 343 g/mol. The van der Waals surface area contributed by atoms with Gasteiger partial charge in [0.15, 0.2) is 5.69 Å². The topological polar surface area (TPSA) is 58.2 Å². The summed E-state index contributed by atoms with van der Waals surface area (Å²) in [5, 5.41) is 7.28. The molecule has 1 amide bonds. The summed E-state index contributed by atoms with van der Waals surface area (Å²) >= 11 is 0. The number of hydrogen-bond donors (Lipinski definition) is 1. The van der Waals surface area contributed by atoms with Gasteiger partial charge in [-0.15, -0.1) is 0 Å². The zero-order valence-corrected chi connectivity index (χ0v) is 14.5. The van der Waals surface area contributed by atoms with E-state index < -0.39 is 0 Å². The van der Waals surface area contributed by atoms with Gasteiger partial charge < -0.3 is 9.64 Å². The Labute approximate surface area is 146 Å². The van der Waals surface area contributed by atoms with E-state index >= 15 is 0 Å². The van der Waals surface area contributed by atoms with Crippen LogP contribution in [0.2, 0.25) is 0 Å². The number of aromatic amines is 1. The highest BCUT2D eigenvalue weighted by Gasteiger charge is 2.37. The van der Waals surface area contributed by atoms with E-state index in [4.69, 9.17) is 4.74 Å². The number of nitrogens with one attached hydrogen (secondary N) is 1. The van der Waals surface area contributed by atoms with Gasteiger partial charge in [0, 0.05) is 24.6 Å². The van der Waals surface area contributed by atoms with Crippen LogP contribution in [-0.4, -0.2) is 33.2 Å². The summed E-state index contributed by atoms with van der Waals surface area (Å²) in [6.45, 7) is 4.38. The number of ether oxygens (including phenoxy) is 1. The number of rotatable bonds is 4. The molecule has 1 aliphatic carbocycles. The van der Waals surface area contributed by atoms with Crippen LogP contribution >= 0.6 is 0 Å². The van der Waals surface area contributed by atoms with E-state index in [0.29, 0.717) is 18.7 Å². The van der Waals surface area contributed by atoms with Crippen molar-refractivity contribution in [2.75, 3.05) is 0 Å². The van der Waals surface area contributed by atoms with Gasteiger partial charge in [0.05, 0.1) is 17.9 Å². The molecule has 0 saturated heterocycles. The van der Waals surface area contributed by atoms with Crippen molar-refractivity contribution in [2.24, 2.45) is 0 Å². The molecule has 2 aromatic rings. The lowest BCUT2D eigenvalue weighted by Gasteiger charge is -2.26. The Hall–Kier alpha value is -2.21. The predicted octanol–water partition coefficient (Wildman–Crippen LogP) is 3.38. The van der Waals surface area contributed by atoms with Gasteiger partial charge in [0.25, 0.3) is 5.91 Å². The molecular weight excluding hydrogens is 321 g/mol. The molecule has 1 fully saturated rings. The Morgan fingerprint density at radius 3 is 2.92 bits per heavy atom. The highest BCUT2D eigenvalue weighted by molar-refractivity contribution is 5.94. The summed E-state index contributed by atoms with van der Waals surface area (Å²) in [5.74, 6) is -0.358. The molecule has 1 aromatic carbocycles. The lowest BCUT2D eigenvalue weighted by atomic mass is 9.99. The van der Waals surface area contributed by atoms with Crippen molar-refractivity contribution in [1.29, 1.82) is 0 Å².